The van der Waals surface area contributed by atoms with Gasteiger partial charge in [0, 0.05) is 7.11 Å². The summed E-state index contributed by atoms with van der Waals surface area (Å²) >= 11 is 0. The Balaban J connectivity index is 2.78. The van der Waals surface area contributed by atoms with E-state index in [1.807, 2.05) is 32.0 Å². The summed E-state index contributed by atoms with van der Waals surface area (Å²) < 4.78 is 10.4. The van der Waals surface area contributed by atoms with Crippen molar-refractivity contribution < 1.29 is 14.3 Å². The van der Waals surface area contributed by atoms with E-state index in [2.05, 4.69) is 5.43 Å². The first-order valence-corrected chi connectivity index (χ1v) is 5.31. The predicted molar refractivity (Wildman–Crippen MR) is 64.5 cm³/mol. The lowest BCUT2D eigenvalue weighted by atomic mass is 10.1. The lowest BCUT2D eigenvalue weighted by molar-refractivity contribution is -0.130. The molecule has 0 spiro atoms. The molecule has 0 bridgehead atoms. The molecule has 0 aliphatic heterocycles. The average Bonchev–Trinajstić information content (AvgIpc) is 2.32. The standard InChI is InChI=1S/C12H18N2O3/c1-8-4-5-10(6-9(8)2)17-11(7-16-3)12(15)14-13/h4-6,11H,7,13H2,1-3H3,(H,14,15). The van der Waals surface area contributed by atoms with Gasteiger partial charge in [-0.25, -0.2) is 5.84 Å². The highest BCUT2D eigenvalue weighted by molar-refractivity contribution is 5.80. The molecule has 0 aromatic heterocycles. The number of ether oxygens (including phenoxy) is 2. The van der Waals surface area contributed by atoms with Gasteiger partial charge in [0.2, 0.25) is 6.10 Å². The van der Waals surface area contributed by atoms with Crippen molar-refractivity contribution in [3.63, 3.8) is 0 Å². The van der Waals surface area contributed by atoms with Crippen LogP contribution in [0.15, 0.2) is 18.2 Å². The van der Waals surface area contributed by atoms with E-state index < -0.39 is 12.0 Å². The van der Waals surface area contributed by atoms with Crippen LogP contribution in [0.3, 0.4) is 0 Å². The number of rotatable bonds is 5. The first kappa shape index (κ1) is 13.5. The number of nitrogens with two attached hydrogens (primary N) is 1. The van der Waals surface area contributed by atoms with Crippen LogP contribution in [0.5, 0.6) is 5.75 Å². The largest absolute Gasteiger partial charge is 0.478 e. The summed E-state index contributed by atoms with van der Waals surface area (Å²) in [6, 6.07) is 5.63. The van der Waals surface area contributed by atoms with Crippen LogP contribution in [0, 0.1) is 13.8 Å². The van der Waals surface area contributed by atoms with Gasteiger partial charge in [0.15, 0.2) is 0 Å². The summed E-state index contributed by atoms with van der Waals surface area (Å²) in [5.74, 6) is 5.29. The molecule has 0 aliphatic rings. The van der Waals surface area contributed by atoms with E-state index in [1.165, 1.54) is 12.7 Å². The molecule has 0 fully saturated rings. The Hall–Kier alpha value is -1.59. The number of hydrazine groups is 1. The fourth-order valence-corrected chi connectivity index (χ4v) is 1.36. The molecule has 17 heavy (non-hydrogen) atoms. The number of amides is 1. The summed E-state index contributed by atoms with van der Waals surface area (Å²) in [5, 5.41) is 0. The number of aryl methyl sites for hydroxylation is 2. The molecule has 1 aromatic carbocycles. The maximum Gasteiger partial charge on any atom is 0.277 e. The fraction of sp³-hybridized carbons (Fsp3) is 0.417. The molecule has 1 atom stereocenters. The monoisotopic (exact) mass is 238 g/mol. The summed E-state index contributed by atoms with van der Waals surface area (Å²) in [4.78, 5) is 11.4. The highest BCUT2D eigenvalue weighted by atomic mass is 16.5. The van der Waals surface area contributed by atoms with Crippen molar-refractivity contribution in [3.05, 3.63) is 29.3 Å². The number of methoxy groups -OCH3 is 1. The molecule has 3 N–H and O–H groups in total. The van der Waals surface area contributed by atoms with Gasteiger partial charge in [-0.3, -0.25) is 10.2 Å². The van der Waals surface area contributed by atoms with Crippen molar-refractivity contribution >= 4 is 5.91 Å². The molecule has 94 valence electrons. The molecule has 0 saturated carbocycles. The van der Waals surface area contributed by atoms with Crippen LogP contribution in [0.2, 0.25) is 0 Å². The van der Waals surface area contributed by atoms with Crippen molar-refractivity contribution in [2.75, 3.05) is 13.7 Å². The van der Waals surface area contributed by atoms with Crippen LogP contribution in [-0.2, 0) is 9.53 Å². The Labute approximate surface area is 101 Å². The van der Waals surface area contributed by atoms with Crippen molar-refractivity contribution in [2.45, 2.75) is 20.0 Å². The highest BCUT2D eigenvalue weighted by Gasteiger charge is 2.19. The molecular weight excluding hydrogens is 220 g/mol. The van der Waals surface area contributed by atoms with Crippen molar-refractivity contribution in [3.8, 4) is 5.75 Å². The lowest BCUT2D eigenvalue weighted by Crippen LogP contribution is -2.44. The smallest absolute Gasteiger partial charge is 0.277 e. The third-order valence-electron chi connectivity index (χ3n) is 2.51. The van der Waals surface area contributed by atoms with E-state index in [9.17, 15) is 4.79 Å². The first-order valence-electron chi connectivity index (χ1n) is 5.31. The summed E-state index contributed by atoms with van der Waals surface area (Å²) in [6.45, 7) is 4.14. The lowest BCUT2D eigenvalue weighted by Gasteiger charge is -2.17. The maximum absolute atomic E-state index is 11.4. The van der Waals surface area contributed by atoms with Crippen molar-refractivity contribution in [2.24, 2.45) is 5.84 Å². The van der Waals surface area contributed by atoms with Crippen molar-refractivity contribution in [1.82, 2.24) is 5.43 Å². The topological polar surface area (TPSA) is 73.6 Å². The molecule has 0 heterocycles. The summed E-state index contributed by atoms with van der Waals surface area (Å²) in [7, 11) is 1.50. The van der Waals surface area contributed by atoms with Gasteiger partial charge in [-0.15, -0.1) is 0 Å². The van der Waals surface area contributed by atoms with E-state index in [1.54, 1.807) is 0 Å². The normalized spacial score (nSPS) is 12.0. The van der Waals surface area contributed by atoms with Gasteiger partial charge in [0.25, 0.3) is 5.91 Å². The van der Waals surface area contributed by atoms with Crippen LogP contribution in [0.4, 0.5) is 0 Å². The van der Waals surface area contributed by atoms with Gasteiger partial charge < -0.3 is 9.47 Å². The van der Waals surface area contributed by atoms with E-state index >= 15 is 0 Å². The SMILES string of the molecule is COCC(Oc1ccc(C)c(C)c1)C(=O)NN. The number of hydrogen-bond acceptors (Lipinski definition) is 4. The Morgan fingerprint density at radius 1 is 1.41 bits per heavy atom. The van der Waals surface area contributed by atoms with E-state index in [4.69, 9.17) is 15.3 Å². The van der Waals surface area contributed by atoms with Gasteiger partial charge in [-0.2, -0.15) is 0 Å². The minimum absolute atomic E-state index is 0.149. The Morgan fingerprint density at radius 3 is 2.65 bits per heavy atom. The zero-order valence-electron chi connectivity index (χ0n) is 10.3. The second-order valence-electron chi connectivity index (χ2n) is 3.82. The van der Waals surface area contributed by atoms with E-state index in [0.717, 1.165) is 5.56 Å². The molecule has 1 amide bonds. The van der Waals surface area contributed by atoms with E-state index in [-0.39, 0.29) is 6.61 Å². The zero-order chi connectivity index (χ0) is 12.8. The molecule has 0 saturated heterocycles. The average molecular weight is 238 g/mol. The van der Waals surface area contributed by atoms with Gasteiger partial charge >= 0.3 is 0 Å². The van der Waals surface area contributed by atoms with Crippen LogP contribution in [0.1, 0.15) is 11.1 Å². The molecule has 5 heteroatoms. The van der Waals surface area contributed by atoms with Crippen LogP contribution in [-0.4, -0.2) is 25.7 Å². The number of benzene rings is 1. The Bertz CT molecular complexity index is 393. The minimum atomic E-state index is -0.743. The molecule has 0 radical (unpaired) electrons. The molecule has 5 nitrogen and oxygen atoms in total. The first-order chi connectivity index (χ1) is 8.08. The third-order valence-corrected chi connectivity index (χ3v) is 2.51. The van der Waals surface area contributed by atoms with Gasteiger partial charge in [-0.05, 0) is 37.1 Å². The third kappa shape index (κ3) is 3.72. The van der Waals surface area contributed by atoms with Crippen LogP contribution >= 0.6 is 0 Å². The van der Waals surface area contributed by atoms with Crippen molar-refractivity contribution in [1.29, 1.82) is 0 Å². The molecule has 1 unspecified atom stereocenters. The van der Waals surface area contributed by atoms with Gasteiger partial charge in [-0.1, -0.05) is 6.07 Å². The van der Waals surface area contributed by atoms with E-state index in [0.29, 0.717) is 5.75 Å². The van der Waals surface area contributed by atoms with Gasteiger partial charge in [0.05, 0.1) is 6.61 Å². The Kier molecular flexibility index (Phi) is 4.93. The Morgan fingerprint density at radius 2 is 2.12 bits per heavy atom. The number of carbonyl (C=O) groups excluding carboxylic acids is 1. The predicted octanol–water partition coefficient (Wildman–Crippen LogP) is 0.687. The van der Waals surface area contributed by atoms with Crippen LogP contribution in [0.25, 0.3) is 0 Å². The molecule has 1 rings (SSSR count). The zero-order valence-corrected chi connectivity index (χ0v) is 10.3. The molecule has 0 aliphatic carbocycles. The number of nitrogens with one attached hydrogen (secondary N) is 1. The molecule has 1 aromatic rings. The fourth-order valence-electron chi connectivity index (χ4n) is 1.36. The molecular formula is C12H18N2O3. The summed E-state index contributed by atoms with van der Waals surface area (Å²) in [6.07, 6.45) is -0.743. The quantitative estimate of drug-likeness (QED) is 0.449. The van der Waals surface area contributed by atoms with Gasteiger partial charge in [0.1, 0.15) is 5.75 Å². The minimum Gasteiger partial charge on any atom is -0.478 e. The van der Waals surface area contributed by atoms with Crippen LogP contribution < -0.4 is 16.0 Å². The second kappa shape index (κ2) is 6.22. The summed E-state index contributed by atoms with van der Waals surface area (Å²) in [5.41, 5.74) is 4.33. The second-order valence-corrected chi connectivity index (χ2v) is 3.82. The number of hydrogen-bond donors (Lipinski definition) is 2. The maximum atomic E-state index is 11.4. The highest BCUT2D eigenvalue weighted by Crippen LogP contribution is 2.17. The number of carbonyl (C=O) groups is 1.